The van der Waals surface area contributed by atoms with Gasteiger partial charge in [0.1, 0.15) is 0 Å². The second-order valence-corrected chi connectivity index (χ2v) is 9.76. The Labute approximate surface area is 125 Å². The van der Waals surface area contributed by atoms with Crippen LogP contribution in [0.25, 0.3) is 0 Å². The van der Waals surface area contributed by atoms with Crippen molar-refractivity contribution in [3.8, 4) is 0 Å². The predicted octanol–water partition coefficient (Wildman–Crippen LogP) is -2.10. The maximum absolute atomic E-state index is 4.54. The van der Waals surface area contributed by atoms with Crippen LogP contribution in [0, 0.1) is 0 Å². The van der Waals surface area contributed by atoms with E-state index in [-0.39, 0.29) is 24.8 Å². The van der Waals surface area contributed by atoms with E-state index in [1.165, 1.54) is 24.0 Å². The Balaban J connectivity index is 0.00000128. The monoisotopic (exact) mass is 346 g/mol. The van der Waals surface area contributed by atoms with Gasteiger partial charge < -0.3 is 24.8 Å². The van der Waals surface area contributed by atoms with E-state index in [9.17, 15) is 0 Å². The first-order valence-electron chi connectivity index (χ1n) is 5.54. The van der Waals surface area contributed by atoms with Gasteiger partial charge in [-0.3, -0.25) is 0 Å². The summed E-state index contributed by atoms with van der Waals surface area (Å²) in [6, 6.07) is 0. The van der Waals surface area contributed by atoms with E-state index in [4.69, 9.17) is 0 Å². The molecule has 0 N–H and O–H groups in total. The maximum atomic E-state index is 4.54. The smallest absolute Gasteiger partial charge is 1.00 e. The van der Waals surface area contributed by atoms with Gasteiger partial charge in [0, 0.05) is 0 Å². The van der Waals surface area contributed by atoms with Gasteiger partial charge in [-0.1, -0.05) is 0 Å². The molecule has 0 amide bonds. The van der Waals surface area contributed by atoms with Crippen molar-refractivity contribution in [3.63, 3.8) is 0 Å². The number of hydrogen-bond donors (Lipinski definition) is 0. The Bertz CT molecular complexity index is 451. The van der Waals surface area contributed by atoms with E-state index in [0.29, 0.717) is 0 Å². The summed E-state index contributed by atoms with van der Waals surface area (Å²) in [5.74, 6) is 0. The van der Waals surface area contributed by atoms with Gasteiger partial charge in [-0.15, -0.1) is 0 Å². The minimum atomic E-state index is -1.67. The van der Waals surface area contributed by atoms with Crippen molar-refractivity contribution in [2.24, 2.45) is 0 Å². The molecule has 17 heavy (non-hydrogen) atoms. The number of hydrogen-bond acceptors (Lipinski definition) is 0. The number of rotatable bonds is 2. The van der Waals surface area contributed by atoms with Crippen LogP contribution in [0.4, 0.5) is 0 Å². The van der Waals surface area contributed by atoms with Crippen LogP contribution in [0.2, 0.25) is 0 Å². The minimum absolute atomic E-state index is 0. The number of allylic oxidation sites excluding steroid dienone is 8. The fourth-order valence-corrected chi connectivity index (χ4v) is 7.93. The standard InChI is InChI=1S/C7H9.C6H7.CH2.2ClH.Zr/c1-6-4-3-5-7(6)2;1-6-4-2-3-5-6;;;;/h4H,3H2,1-2H3;2,4H,3H2,1H3;1H2;2*1H;/q;;;;;+2/p-2. The molecule has 92 valence electrons. The molecule has 0 aromatic carbocycles. The molecule has 0 nitrogen and oxygen atoms in total. The molecule has 0 heterocycles. The maximum Gasteiger partial charge on any atom is -1.00 e. The van der Waals surface area contributed by atoms with Crippen molar-refractivity contribution < 1.29 is 46.1 Å². The molecule has 0 unspecified atom stereocenters. The molecule has 0 saturated heterocycles. The van der Waals surface area contributed by atoms with E-state index in [0.717, 1.165) is 0 Å². The molecule has 3 heteroatoms. The summed E-state index contributed by atoms with van der Waals surface area (Å²) in [5.41, 5.74) is 4.53. The molecule has 0 aliphatic heterocycles. The topological polar surface area (TPSA) is 0 Å². The summed E-state index contributed by atoms with van der Waals surface area (Å²) in [6.45, 7) is 6.75. The van der Waals surface area contributed by atoms with Crippen molar-refractivity contribution >= 4 is 4.21 Å². The first-order valence-corrected chi connectivity index (χ1v) is 9.73. The van der Waals surface area contributed by atoms with Gasteiger partial charge in [0.2, 0.25) is 0 Å². The van der Waals surface area contributed by atoms with Crippen LogP contribution < -0.4 is 24.8 Å². The van der Waals surface area contributed by atoms with Gasteiger partial charge >= 0.3 is 101 Å². The molecular formula is C14H18Cl2Zr. The van der Waals surface area contributed by atoms with E-state index >= 15 is 0 Å². The summed E-state index contributed by atoms with van der Waals surface area (Å²) < 4.78 is 7.96. The summed E-state index contributed by atoms with van der Waals surface area (Å²) in [6.07, 6.45) is 9.30. The first-order chi connectivity index (χ1) is 7.11. The quantitative estimate of drug-likeness (QED) is 0.537. The molecule has 0 aromatic heterocycles. The van der Waals surface area contributed by atoms with E-state index < -0.39 is 21.3 Å². The average Bonchev–Trinajstić information content (AvgIpc) is 2.75. The van der Waals surface area contributed by atoms with Crippen molar-refractivity contribution in [3.05, 3.63) is 41.5 Å². The molecule has 0 radical (unpaired) electrons. The third-order valence-corrected chi connectivity index (χ3v) is 10.0. The van der Waals surface area contributed by atoms with Gasteiger partial charge in [0.25, 0.3) is 0 Å². The molecular weight excluding hydrogens is 330 g/mol. The number of halogens is 2. The van der Waals surface area contributed by atoms with Crippen molar-refractivity contribution in [1.82, 2.24) is 0 Å². The van der Waals surface area contributed by atoms with Crippen molar-refractivity contribution in [1.29, 1.82) is 0 Å². The third-order valence-electron chi connectivity index (χ3n) is 3.55. The molecule has 0 atom stereocenters. The normalized spacial score (nSPS) is 17.4. The molecule has 0 saturated carbocycles. The average molecular weight is 348 g/mol. The van der Waals surface area contributed by atoms with Crippen LogP contribution >= 0.6 is 0 Å². The SMILES string of the molecule is [CH2]=[Zr+2]([C]1=C(C)C=CC1)[C]1=C(C)C(C)=CC1.[Cl-].[Cl-]. The molecule has 2 aliphatic carbocycles. The van der Waals surface area contributed by atoms with Crippen LogP contribution in [0.3, 0.4) is 0 Å². The zero-order valence-corrected chi connectivity index (χ0v) is 14.6. The Morgan fingerprint density at radius 1 is 1.06 bits per heavy atom. The van der Waals surface area contributed by atoms with Gasteiger partial charge in [-0.2, -0.15) is 0 Å². The van der Waals surface area contributed by atoms with Gasteiger partial charge in [-0.05, 0) is 0 Å². The molecule has 0 fully saturated rings. The Kier molecular flexibility index (Phi) is 7.14. The van der Waals surface area contributed by atoms with Gasteiger partial charge in [0.15, 0.2) is 0 Å². The molecule has 0 aromatic rings. The van der Waals surface area contributed by atoms with E-state index in [2.05, 4.69) is 43.2 Å². The van der Waals surface area contributed by atoms with Crippen LogP contribution in [0.1, 0.15) is 33.6 Å². The van der Waals surface area contributed by atoms with Crippen LogP contribution in [-0.4, -0.2) is 4.21 Å². The van der Waals surface area contributed by atoms with E-state index in [1.807, 2.05) is 0 Å². The fraction of sp³-hybridized carbons (Fsp3) is 0.357. The Morgan fingerprint density at radius 2 is 1.71 bits per heavy atom. The fourth-order valence-electron chi connectivity index (χ4n) is 2.31. The zero-order valence-electron chi connectivity index (χ0n) is 10.6. The Hall–Kier alpha value is 0.293. The van der Waals surface area contributed by atoms with Gasteiger partial charge in [-0.25, -0.2) is 0 Å². The predicted molar refractivity (Wildman–Crippen MR) is 64.7 cm³/mol. The van der Waals surface area contributed by atoms with E-state index in [1.54, 1.807) is 12.1 Å². The summed E-state index contributed by atoms with van der Waals surface area (Å²) >= 11 is -1.67. The van der Waals surface area contributed by atoms with Crippen molar-refractivity contribution in [2.45, 2.75) is 33.6 Å². The first kappa shape index (κ1) is 17.3. The molecule has 0 spiro atoms. The summed E-state index contributed by atoms with van der Waals surface area (Å²) in [7, 11) is 0. The zero-order chi connectivity index (χ0) is 11.0. The van der Waals surface area contributed by atoms with Crippen LogP contribution in [0.5, 0.6) is 0 Å². The summed E-state index contributed by atoms with van der Waals surface area (Å²) in [5, 5.41) is 0. The van der Waals surface area contributed by atoms with Gasteiger partial charge in [0.05, 0.1) is 0 Å². The van der Waals surface area contributed by atoms with Crippen molar-refractivity contribution in [2.75, 3.05) is 0 Å². The minimum Gasteiger partial charge on any atom is -1.00 e. The molecule has 2 aliphatic rings. The Morgan fingerprint density at radius 3 is 2.12 bits per heavy atom. The third kappa shape index (κ3) is 3.40. The van der Waals surface area contributed by atoms with Crippen LogP contribution in [0.15, 0.2) is 41.5 Å². The molecule has 0 bridgehead atoms. The summed E-state index contributed by atoms with van der Waals surface area (Å²) in [4.78, 5) is 0. The molecule has 2 rings (SSSR count). The van der Waals surface area contributed by atoms with Crippen LogP contribution in [-0.2, 0) is 21.3 Å². The second-order valence-electron chi connectivity index (χ2n) is 4.44. The second kappa shape index (κ2) is 7.02. The largest absolute Gasteiger partial charge is 1.00 e.